The molecule has 2 aromatic carbocycles. The predicted molar refractivity (Wildman–Crippen MR) is 93.9 cm³/mol. The van der Waals surface area contributed by atoms with Gasteiger partial charge in [0.05, 0.1) is 15.5 Å². The fraction of sp³-hybridized carbons (Fsp3) is 0.294. The van der Waals surface area contributed by atoms with E-state index in [0.29, 0.717) is 17.7 Å². The van der Waals surface area contributed by atoms with Gasteiger partial charge in [-0.05, 0) is 38.0 Å². The molecule has 0 aliphatic heterocycles. The molecule has 128 valence electrons. The molecule has 2 rings (SSSR count). The predicted octanol–water partition coefficient (Wildman–Crippen LogP) is 3.68. The number of para-hydroxylation sites is 1. The van der Waals surface area contributed by atoms with Crippen LogP contribution in [0.3, 0.4) is 0 Å². The molecule has 0 fully saturated rings. The maximum Gasteiger partial charge on any atom is 0.273 e. The van der Waals surface area contributed by atoms with Crippen LogP contribution in [-0.4, -0.2) is 19.9 Å². The Balaban J connectivity index is 2.59. The van der Waals surface area contributed by atoms with Gasteiger partial charge in [-0.1, -0.05) is 31.2 Å². The second-order valence-corrected chi connectivity index (χ2v) is 7.22. The minimum absolute atomic E-state index is 0.0763. The summed E-state index contributed by atoms with van der Waals surface area (Å²) in [4.78, 5) is 10.5. The van der Waals surface area contributed by atoms with Crippen molar-refractivity contribution in [2.75, 3.05) is 10.8 Å². The second kappa shape index (κ2) is 7.00. The summed E-state index contributed by atoms with van der Waals surface area (Å²) in [6.45, 7) is 5.52. The number of nitro groups is 1. The van der Waals surface area contributed by atoms with E-state index in [4.69, 9.17) is 0 Å². The molecule has 0 N–H and O–H groups in total. The summed E-state index contributed by atoms with van der Waals surface area (Å²) in [7, 11) is -3.88. The van der Waals surface area contributed by atoms with Gasteiger partial charge in [-0.15, -0.1) is 0 Å². The molecule has 0 heterocycles. The number of rotatable bonds is 6. The zero-order valence-electron chi connectivity index (χ0n) is 13.9. The quantitative estimate of drug-likeness (QED) is 0.589. The van der Waals surface area contributed by atoms with Crippen molar-refractivity contribution in [3.05, 3.63) is 63.7 Å². The fourth-order valence-corrected chi connectivity index (χ4v) is 4.13. The molecule has 0 amide bonds. The van der Waals surface area contributed by atoms with Crippen molar-refractivity contribution in [3.63, 3.8) is 0 Å². The van der Waals surface area contributed by atoms with Gasteiger partial charge in [-0.2, -0.15) is 0 Å². The summed E-state index contributed by atoms with van der Waals surface area (Å²) in [5, 5.41) is 11.1. The van der Waals surface area contributed by atoms with Crippen LogP contribution >= 0.6 is 0 Å². The van der Waals surface area contributed by atoms with E-state index in [-0.39, 0.29) is 17.1 Å². The molecular formula is C17H20N2O4S. The monoisotopic (exact) mass is 348 g/mol. The maximum absolute atomic E-state index is 13.0. The summed E-state index contributed by atoms with van der Waals surface area (Å²) in [5.41, 5.74) is 1.74. The van der Waals surface area contributed by atoms with E-state index >= 15 is 0 Å². The van der Waals surface area contributed by atoms with Crippen molar-refractivity contribution in [2.45, 2.75) is 32.1 Å². The third-order valence-electron chi connectivity index (χ3n) is 3.89. The molecule has 0 saturated heterocycles. The summed E-state index contributed by atoms with van der Waals surface area (Å²) >= 11 is 0. The van der Waals surface area contributed by atoms with Crippen LogP contribution in [0.2, 0.25) is 0 Å². The topological polar surface area (TPSA) is 80.5 Å². The molecule has 0 aliphatic rings. The zero-order valence-corrected chi connectivity index (χ0v) is 14.7. The average molecular weight is 348 g/mol. The van der Waals surface area contributed by atoms with Gasteiger partial charge in [0, 0.05) is 18.2 Å². The van der Waals surface area contributed by atoms with Gasteiger partial charge < -0.3 is 0 Å². The normalized spacial score (nSPS) is 11.3. The number of hydrogen-bond acceptors (Lipinski definition) is 4. The van der Waals surface area contributed by atoms with Crippen LogP contribution < -0.4 is 4.31 Å². The van der Waals surface area contributed by atoms with E-state index < -0.39 is 14.9 Å². The van der Waals surface area contributed by atoms with Gasteiger partial charge in [-0.3, -0.25) is 14.4 Å². The molecule has 0 aromatic heterocycles. The number of benzene rings is 2. The summed E-state index contributed by atoms with van der Waals surface area (Å²) in [6.07, 6.45) is 0.691. The lowest BCUT2D eigenvalue weighted by Crippen LogP contribution is -2.31. The molecule has 2 aromatic rings. The Bertz CT molecular complexity index is 863. The number of hydrogen-bond donors (Lipinski definition) is 0. The highest BCUT2D eigenvalue weighted by Crippen LogP contribution is 2.29. The van der Waals surface area contributed by atoms with Crippen molar-refractivity contribution in [1.29, 1.82) is 0 Å². The molecule has 0 unspecified atom stereocenters. The minimum Gasteiger partial charge on any atom is -0.266 e. The van der Waals surface area contributed by atoms with Crippen molar-refractivity contribution in [1.82, 2.24) is 0 Å². The smallest absolute Gasteiger partial charge is 0.266 e. The van der Waals surface area contributed by atoms with Crippen LogP contribution in [0.1, 0.15) is 25.0 Å². The van der Waals surface area contributed by atoms with E-state index in [1.54, 1.807) is 26.0 Å². The molecule has 0 saturated carbocycles. The lowest BCUT2D eigenvalue weighted by atomic mass is 10.1. The zero-order chi connectivity index (χ0) is 17.9. The SMILES string of the molecule is CCc1ccccc1N(CC)S(=O)(=O)c1ccc(C)c([N+](=O)[O-])c1. The van der Waals surface area contributed by atoms with Gasteiger partial charge in [0.15, 0.2) is 0 Å². The molecule has 0 aliphatic carbocycles. The summed E-state index contributed by atoms with van der Waals surface area (Å²) in [5.74, 6) is 0. The van der Waals surface area contributed by atoms with Crippen LogP contribution in [0.25, 0.3) is 0 Å². The Kier molecular flexibility index (Phi) is 5.23. The highest BCUT2D eigenvalue weighted by atomic mass is 32.2. The molecule has 0 atom stereocenters. The van der Waals surface area contributed by atoms with Crippen LogP contribution in [0.5, 0.6) is 0 Å². The third-order valence-corrected chi connectivity index (χ3v) is 5.78. The molecular weight excluding hydrogens is 328 g/mol. The lowest BCUT2D eigenvalue weighted by Gasteiger charge is -2.25. The van der Waals surface area contributed by atoms with Gasteiger partial charge in [0.1, 0.15) is 0 Å². The highest BCUT2D eigenvalue weighted by molar-refractivity contribution is 7.92. The first-order chi connectivity index (χ1) is 11.3. The maximum atomic E-state index is 13.0. The van der Waals surface area contributed by atoms with Crippen LogP contribution in [0.15, 0.2) is 47.4 Å². The number of nitro benzene ring substituents is 1. The Morgan fingerprint density at radius 3 is 2.38 bits per heavy atom. The summed E-state index contributed by atoms with van der Waals surface area (Å²) < 4.78 is 27.3. The first-order valence-corrected chi connectivity index (χ1v) is 9.12. The van der Waals surface area contributed by atoms with Crippen LogP contribution in [0.4, 0.5) is 11.4 Å². The fourth-order valence-electron chi connectivity index (χ4n) is 2.60. The Hall–Kier alpha value is -2.41. The number of sulfonamides is 1. The van der Waals surface area contributed by atoms with Crippen LogP contribution in [-0.2, 0) is 16.4 Å². The largest absolute Gasteiger partial charge is 0.273 e. The molecule has 7 heteroatoms. The van der Waals surface area contributed by atoms with Crippen molar-refractivity contribution in [3.8, 4) is 0 Å². The van der Waals surface area contributed by atoms with Gasteiger partial charge in [-0.25, -0.2) is 8.42 Å². The number of nitrogens with zero attached hydrogens (tertiary/aromatic N) is 2. The second-order valence-electron chi connectivity index (χ2n) is 5.36. The van der Waals surface area contributed by atoms with Gasteiger partial charge >= 0.3 is 0 Å². The van der Waals surface area contributed by atoms with E-state index in [1.165, 1.54) is 16.4 Å². The van der Waals surface area contributed by atoms with E-state index in [2.05, 4.69) is 0 Å². The number of aryl methyl sites for hydroxylation is 2. The first-order valence-electron chi connectivity index (χ1n) is 7.68. The van der Waals surface area contributed by atoms with E-state index in [9.17, 15) is 18.5 Å². The number of anilines is 1. The standard InChI is InChI=1S/C17H20N2O4S/c1-4-14-8-6-7-9-16(14)18(5-2)24(22,23)15-11-10-13(3)17(12-15)19(20)21/h6-12H,4-5H2,1-3H3. The Morgan fingerprint density at radius 2 is 1.79 bits per heavy atom. The van der Waals surface area contributed by atoms with Crippen LogP contribution in [0, 0.1) is 17.0 Å². The van der Waals surface area contributed by atoms with Crippen molar-refractivity contribution in [2.24, 2.45) is 0 Å². The summed E-state index contributed by atoms with van der Waals surface area (Å²) in [6, 6.07) is 11.3. The van der Waals surface area contributed by atoms with E-state index in [1.807, 2.05) is 19.1 Å². The Morgan fingerprint density at radius 1 is 1.12 bits per heavy atom. The van der Waals surface area contributed by atoms with Crippen molar-refractivity contribution >= 4 is 21.4 Å². The lowest BCUT2D eigenvalue weighted by molar-refractivity contribution is -0.385. The molecule has 6 nitrogen and oxygen atoms in total. The molecule has 0 bridgehead atoms. The average Bonchev–Trinajstić information content (AvgIpc) is 2.55. The highest BCUT2D eigenvalue weighted by Gasteiger charge is 2.27. The van der Waals surface area contributed by atoms with Crippen molar-refractivity contribution < 1.29 is 13.3 Å². The minimum atomic E-state index is -3.88. The molecule has 0 radical (unpaired) electrons. The van der Waals surface area contributed by atoms with E-state index in [0.717, 1.165) is 11.6 Å². The van der Waals surface area contributed by atoms with Gasteiger partial charge in [0.25, 0.3) is 15.7 Å². The Labute approximate surface area is 141 Å². The van der Waals surface area contributed by atoms with Gasteiger partial charge in [0.2, 0.25) is 0 Å². The first kappa shape index (κ1) is 17.9. The molecule has 0 spiro atoms. The third kappa shape index (κ3) is 3.26. The molecule has 24 heavy (non-hydrogen) atoms.